The second-order valence-electron chi connectivity index (χ2n) is 12.6. The molecule has 0 aliphatic heterocycles. The van der Waals surface area contributed by atoms with E-state index in [1.807, 2.05) is 6.92 Å². The average Bonchev–Trinajstić information content (AvgIpc) is 3.37. The van der Waals surface area contributed by atoms with E-state index in [0.29, 0.717) is 17.8 Å². The molecule has 0 saturated heterocycles. The molecule has 0 spiro atoms. The van der Waals surface area contributed by atoms with Crippen LogP contribution >= 0.6 is 0 Å². The van der Waals surface area contributed by atoms with Gasteiger partial charge in [0.25, 0.3) is 0 Å². The van der Waals surface area contributed by atoms with Crippen LogP contribution in [0.2, 0.25) is 0 Å². The standard InChI is InChI=1S/C28H37FN4O3/c1-27(36)10-7-19-17(14-27)3-4-21-20(19)8-11-28(2)22(21)5-6-23(28)24(34)15-32-16-31-33(26(32)35)25-13-18(29)9-12-30-25/h9,12-13,16-17,19-23,36H,3-8,10-11,14-15H2,1-2H3/t17-,19+,20-,21-,22+,23-,27-,28+/m1/s1. The molecule has 2 aromatic heterocycles. The Balaban J connectivity index is 1.17. The number of aromatic nitrogens is 4. The van der Waals surface area contributed by atoms with E-state index in [2.05, 4.69) is 17.0 Å². The highest BCUT2D eigenvalue weighted by atomic mass is 19.1. The number of fused-ring (bicyclic) bond motifs is 5. The van der Waals surface area contributed by atoms with Crippen LogP contribution < -0.4 is 5.69 Å². The highest BCUT2D eigenvalue weighted by molar-refractivity contribution is 5.82. The number of carbonyl (C=O) groups is 1. The Morgan fingerprint density at radius 1 is 1.11 bits per heavy atom. The third kappa shape index (κ3) is 3.87. The van der Waals surface area contributed by atoms with Crippen LogP contribution in [0.3, 0.4) is 0 Å². The Kier molecular flexibility index (Phi) is 5.74. The maximum Gasteiger partial charge on any atom is 0.352 e. The molecule has 4 aliphatic carbocycles. The molecule has 0 unspecified atom stereocenters. The van der Waals surface area contributed by atoms with Crippen molar-refractivity contribution >= 4 is 5.78 Å². The summed E-state index contributed by atoms with van der Waals surface area (Å²) in [4.78, 5) is 30.5. The molecule has 2 heterocycles. The Bertz CT molecular complexity index is 1220. The second kappa shape index (κ2) is 8.61. The van der Waals surface area contributed by atoms with Crippen molar-refractivity contribution in [3.63, 3.8) is 0 Å². The summed E-state index contributed by atoms with van der Waals surface area (Å²) >= 11 is 0. The SMILES string of the molecule is C[C@@]1(O)CC[C@H]2[C@H](CC[C@@H]3[C@@H]2CC[C@]2(C)[C@@H](C(=O)Cn4cnn(-c5cc(F)ccn5)c4=O)CC[C@@H]32)C1. The van der Waals surface area contributed by atoms with Gasteiger partial charge in [0.2, 0.25) is 0 Å². The molecule has 0 bridgehead atoms. The lowest BCUT2D eigenvalue weighted by Gasteiger charge is -2.56. The van der Waals surface area contributed by atoms with E-state index < -0.39 is 17.1 Å². The van der Waals surface area contributed by atoms with Crippen LogP contribution in [0.25, 0.3) is 5.82 Å². The van der Waals surface area contributed by atoms with E-state index >= 15 is 0 Å². The van der Waals surface area contributed by atoms with Gasteiger partial charge in [-0.2, -0.15) is 9.78 Å². The molecule has 4 saturated carbocycles. The number of rotatable bonds is 4. The summed E-state index contributed by atoms with van der Waals surface area (Å²) in [5.41, 5.74) is -0.996. The first-order valence-corrected chi connectivity index (χ1v) is 13.7. The van der Waals surface area contributed by atoms with Crippen LogP contribution in [-0.4, -0.2) is 35.8 Å². The van der Waals surface area contributed by atoms with Crippen LogP contribution in [0.15, 0.2) is 29.5 Å². The van der Waals surface area contributed by atoms with Gasteiger partial charge in [0, 0.05) is 18.2 Å². The van der Waals surface area contributed by atoms with E-state index in [9.17, 15) is 19.1 Å². The topological polar surface area (TPSA) is 90.0 Å². The van der Waals surface area contributed by atoms with Crippen molar-refractivity contribution in [2.24, 2.45) is 40.9 Å². The van der Waals surface area contributed by atoms with Gasteiger partial charge < -0.3 is 5.11 Å². The van der Waals surface area contributed by atoms with Gasteiger partial charge >= 0.3 is 5.69 Å². The van der Waals surface area contributed by atoms with Gasteiger partial charge in [0.15, 0.2) is 11.6 Å². The number of pyridine rings is 1. The fraction of sp³-hybridized carbons (Fsp3) is 0.714. The second-order valence-corrected chi connectivity index (χ2v) is 12.6. The van der Waals surface area contributed by atoms with E-state index in [4.69, 9.17) is 0 Å². The number of aliphatic hydroxyl groups is 1. The maximum absolute atomic E-state index is 13.6. The predicted octanol–water partition coefficient (Wildman–Crippen LogP) is 4.16. The maximum atomic E-state index is 13.6. The first-order valence-electron chi connectivity index (χ1n) is 13.7. The lowest BCUT2D eigenvalue weighted by atomic mass is 9.49. The lowest BCUT2D eigenvalue weighted by molar-refractivity contribution is -0.133. The number of ketones is 1. The highest BCUT2D eigenvalue weighted by Gasteiger charge is 2.58. The summed E-state index contributed by atoms with van der Waals surface area (Å²) in [7, 11) is 0. The number of carbonyl (C=O) groups excluding carboxylic acids is 1. The Labute approximate surface area is 211 Å². The zero-order valence-corrected chi connectivity index (χ0v) is 21.3. The van der Waals surface area contributed by atoms with Crippen molar-refractivity contribution in [3.05, 3.63) is 41.0 Å². The van der Waals surface area contributed by atoms with E-state index in [0.717, 1.165) is 61.1 Å². The fourth-order valence-corrected chi connectivity index (χ4v) is 9.00. The number of hydrogen-bond acceptors (Lipinski definition) is 5. The van der Waals surface area contributed by atoms with Crippen LogP contribution in [0.4, 0.5) is 4.39 Å². The third-order valence-electron chi connectivity index (χ3n) is 10.6. The quantitative estimate of drug-likeness (QED) is 0.687. The minimum absolute atomic E-state index is 0.00496. The van der Waals surface area contributed by atoms with E-state index in [1.165, 1.54) is 42.4 Å². The van der Waals surface area contributed by atoms with Crippen molar-refractivity contribution in [1.82, 2.24) is 19.3 Å². The molecule has 0 amide bonds. The summed E-state index contributed by atoms with van der Waals surface area (Å²) in [6.07, 6.45) is 12.3. The Morgan fingerprint density at radius 2 is 1.92 bits per heavy atom. The summed E-state index contributed by atoms with van der Waals surface area (Å²) in [6, 6.07) is 2.37. The summed E-state index contributed by atoms with van der Waals surface area (Å²) in [5.74, 6) is 3.01. The van der Waals surface area contributed by atoms with Crippen LogP contribution in [-0.2, 0) is 11.3 Å². The molecule has 0 radical (unpaired) electrons. The molecule has 0 aromatic carbocycles. The summed E-state index contributed by atoms with van der Waals surface area (Å²) in [6.45, 7) is 4.32. The zero-order chi connectivity index (χ0) is 25.2. The van der Waals surface area contributed by atoms with Crippen LogP contribution in [0.1, 0.15) is 71.6 Å². The van der Waals surface area contributed by atoms with Gasteiger partial charge in [-0.25, -0.2) is 14.2 Å². The van der Waals surface area contributed by atoms with Crippen molar-refractivity contribution in [1.29, 1.82) is 0 Å². The van der Waals surface area contributed by atoms with E-state index in [-0.39, 0.29) is 29.5 Å². The molecule has 194 valence electrons. The Hall–Kier alpha value is -2.35. The summed E-state index contributed by atoms with van der Waals surface area (Å²) in [5, 5.41) is 14.7. The molecule has 7 nitrogen and oxygen atoms in total. The number of hydrogen-bond donors (Lipinski definition) is 1. The first kappa shape index (κ1) is 24.0. The fourth-order valence-electron chi connectivity index (χ4n) is 9.00. The zero-order valence-electron chi connectivity index (χ0n) is 21.3. The van der Waals surface area contributed by atoms with Crippen molar-refractivity contribution < 1.29 is 14.3 Å². The number of halogens is 1. The predicted molar refractivity (Wildman–Crippen MR) is 132 cm³/mol. The van der Waals surface area contributed by atoms with Crippen molar-refractivity contribution in [3.8, 4) is 5.82 Å². The average molecular weight is 497 g/mol. The first-order chi connectivity index (χ1) is 17.2. The molecule has 6 rings (SSSR count). The van der Waals surface area contributed by atoms with Crippen LogP contribution in [0.5, 0.6) is 0 Å². The van der Waals surface area contributed by atoms with Gasteiger partial charge in [-0.05, 0) is 106 Å². The van der Waals surface area contributed by atoms with Gasteiger partial charge in [-0.3, -0.25) is 9.36 Å². The highest BCUT2D eigenvalue weighted by Crippen LogP contribution is 2.64. The largest absolute Gasteiger partial charge is 0.390 e. The molecule has 1 N–H and O–H groups in total. The molecule has 4 fully saturated rings. The lowest BCUT2D eigenvalue weighted by Crippen LogP contribution is -2.51. The monoisotopic (exact) mass is 496 g/mol. The van der Waals surface area contributed by atoms with Crippen molar-refractivity contribution in [2.45, 2.75) is 83.8 Å². The van der Waals surface area contributed by atoms with E-state index in [1.54, 1.807) is 0 Å². The molecular weight excluding hydrogens is 459 g/mol. The molecule has 8 heteroatoms. The minimum atomic E-state index is -0.501. The normalized spacial score (nSPS) is 39.8. The van der Waals surface area contributed by atoms with Gasteiger partial charge in [0.1, 0.15) is 12.1 Å². The molecule has 2 aromatic rings. The minimum Gasteiger partial charge on any atom is -0.390 e. The van der Waals surface area contributed by atoms with Crippen molar-refractivity contribution in [2.75, 3.05) is 0 Å². The Morgan fingerprint density at radius 3 is 2.72 bits per heavy atom. The smallest absolute Gasteiger partial charge is 0.352 e. The van der Waals surface area contributed by atoms with Gasteiger partial charge in [0.05, 0.1) is 12.1 Å². The number of nitrogens with zero attached hydrogens (tertiary/aromatic N) is 4. The number of Topliss-reactive ketones (excluding diaryl/α,β-unsaturated/α-hetero) is 1. The van der Waals surface area contributed by atoms with Gasteiger partial charge in [-0.15, -0.1) is 0 Å². The third-order valence-corrected chi connectivity index (χ3v) is 10.6. The molecular formula is C28H37FN4O3. The summed E-state index contributed by atoms with van der Waals surface area (Å²) < 4.78 is 16.0. The van der Waals surface area contributed by atoms with Crippen LogP contribution in [0, 0.1) is 46.7 Å². The molecule has 36 heavy (non-hydrogen) atoms. The van der Waals surface area contributed by atoms with Gasteiger partial charge in [-0.1, -0.05) is 6.92 Å². The molecule has 8 atom stereocenters. The molecule has 4 aliphatic rings.